The number of methoxy groups -OCH3 is 1. The molecular formula is C13H13BrClNO2. The minimum absolute atomic E-state index is 0.586. The van der Waals surface area contributed by atoms with E-state index in [4.69, 9.17) is 20.8 Å². The summed E-state index contributed by atoms with van der Waals surface area (Å²) >= 11 is 9.32. The molecule has 0 bridgehead atoms. The standard InChI is InChI=1S/C13H13BrClNO2/c1-8-5-11(12(17-2)6-10(8)15)16-7-9-3-4-13(14)18-9/h3-6,16H,7H2,1-2H3. The number of hydrogen-bond donors (Lipinski definition) is 1. The molecule has 0 amide bonds. The maximum Gasteiger partial charge on any atom is 0.169 e. The Kier molecular flexibility index (Phi) is 4.19. The fourth-order valence-electron chi connectivity index (χ4n) is 1.60. The van der Waals surface area contributed by atoms with Gasteiger partial charge in [0.15, 0.2) is 4.67 Å². The lowest BCUT2D eigenvalue weighted by atomic mass is 10.2. The van der Waals surface area contributed by atoms with Gasteiger partial charge < -0.3 is 14.5 Å². The predicted molar refractivity (Wildman–Crippen MR) is 76.5 cm³/mol. The van der Waals surface area contributed by atoms with Crippen LogP contribution in [0.1, 0.15) is 11.3 Å². The first-order chi connectivity index (χ1) is 8.60. The maximum atomic E-state index is 6.05. The molecule has 0 aliphatic carbocycles. The number of anilines is 1. The van der Waals surface area contributed by atoms with Gasteiger partial charge in [0.05, 0.1) is 19.3 Å². The van der Waals surface area contributed by atoms with Gasteiger partial charge in [0.2, 0.25) is 0 Å². The fourth-order valence-corrected chi connectivity index (χ4v) is 2.09. The highest BCUT2D eigenvalue weighted by Gasteiger charge is 2.07. The van der Waals surface area contributed by atoms with Crippen LogP contribution in [0.25, 0.3) is 0 Å². The van der Waals surface area contributed by atoms with Crippen molar-refractivity contribution in [3.05, 3.63) is 45.3 Å². The number of nitrogens with one attached hydrogen (secondary N) is 1. The van der Waals surface area contributed by atoms with E-state index in [1.54, 1.807) is 13.2 Å². The third kappa shape index (κ3) is 3.00. The van der Waals surface area contributed by atoms with Crippen LogP contribution in [0.4, 0.5) is 5.69 Å². The van der Waals surface area contributed by atoms with Crippen molar-refractivity contribution in [2.24, 2.45) is 0 Å². The first kappa shape index (κ1) is 13.3. The summed E-state index contributed by atoms with van der Waals surface area (Å²) in [6, 6.07) is 7.53. The van der Waals surface area contributed by atoms with E-state index in [-0.39, 0.29) is 0 Å². The number of aryl methyl sites for hydroxylation is 1. The zero-order valence-corrected chi connectivity index (χ0v) is 12.4. The molecule has 0 unspecified atom stereocenters. The Bertz CT molecular complexity index is 554. The van der Waals surface area contributed by atoms with E-state index >= 15 is 0 Å². The van der Waals surface area contributed by atoms with Crippen LogP contribution in [0.2, 0.25) is 5.02 Å². The molecule has 0 saturated carbocycles. The normalized spacial score (nSPS) is 10.4. The lowest BCUT2D eigenvalue weighted by Gasteiger charge is -2.12. The van der Waals surface area contributed by atoms with Gasteiger partial charge in [-0.05, 0) is 46.6 Å². The van der Waals surface area contributed by atoms with Crippen molar-refractivity contribution in [2.45, 2.75) is 13.5 Å². The molecular weight excluding hydrogens is 318 g/mol. The number of benzene rings is 1. The van der Waals surface area contributed by atoms with Crippen molar-refractivity contribution in [1.82, 2.24) is 0 Å². The van der Waals surface area contributed by atoms with Crippen LogP contribution in [0.5, 0.6) is 5.75 Å². The van der Waals surface area contributed by atoms with Crippen LogP contribution in [0, 0.1) is 6.92 Å². The topological polar surface area (TPSA) is 34.4 Å². The van der Waals surface area contributed by atoms with Crippen LogP contribution >= 0.6 is 27.5 Å². The molecule has 3 nitrogen and oxygen atoms in total. The van der Waals surface area contributed by atoms with Gasteiger partial charge in [-0.3, -0.25) is 0 Å². The van der Waals surface area contributed by atoms with Gasteiger partial charge >= 0.3 is 0 Å². The quantitative estimate of drug-likeness (QED) is 0.888. The molecule has 1 N–H and O–H groups in total. The van der Waals surface area contributed by atoms with E-state index in [9.17, 15) is 0 Å². The molecule has 0 saturated heterocycles. The molecule has 1 aromatic heterocycles. The molecule has 2 rings (SSSR count). The Balaban J connectivity index is 2.15. The van der Waals surface area contributed by atoms with E-state index in [0.717, 1.165) is 27.4 Å². The van der Waals surface area contributed by atoms with Gasteiger partial charge in [-0.15, -0.1) is 0 Å². The molecule has 1 aromatic carbocycles. The van der Waals surface area contributed by atoms with Gasteiger partial charge in [0, 0.05) is 11.1 Å². The third-order valence-electron chi connectivity index (χ3n) is 2.56. The fraction of sp³-hybridized carbons (Fsp3) is 0.231. The summed E-state index contributed by atoms with van der Waals surface area (Å²) in [4.78, 5) is 0. The molecule has 0 fully saturated rings. The second kappa shape index (κ2) is 5.67. The van der Waals surface area contributed by atoms with Gasteiger partial charge in [-0.1, -0.05) is 11.6 Å². The second-order valence-electron chi connectivity index (χ2n) is 3.86. The van der Waals surface area contributed by atoms with Gasteiger partial charge in [-0.25, -0.2) is 0 Å². The van der Waals surface area contributed by atoms with E-state index in [1.807, 2.05) is 25.1 Å². The Morgan fingerprint density at radius 2 is 2.17 bits per heavy atom. The summed E-state index contributed by atoms with van der Waals surface area (Å²) in [7, 11) is 1.62. The van der Waals surface area contributed by atoms with Gasteiger partial charge in [0.25, 0.3) is 0 Å². The van der Waals surface area contributed by atoms with Crippen molar-refractivity contribution in [1.29, 1.82) is 0 Å². The molecule has 2 aromatic rings. The van der Waals surface area contributed by atoms with E-state index in [1.165, 1.54) is 0 Å². The molecule has 5 heteroatoms. The molecule has 0 aliphatic rings. The minimum atomic E-state index is 0.586. The van der Waals surface area contributed by atoms with Crippen LogP contribution in [0.15, 0.2) is 33.4 Å². The van der Waals surface area contributed by atoms with Crippen LogP contribution in [-0.2, 0) is 6.54 Å². The van der Waals surface area contributed by atoms with E-state index < -0.39 is 0 Å². The second-order valence-corrected chi connectivity index (χ2v) is 5.05. The van der Waals surface area contributed by atoms with Crippen LogP contribution in [0.3, 0.4) is 0 Å². The number of halogens is 2. The van der Waals surface area contributed by atoms with E-state index in [2.05, 4.69) is 21.2 Å². The molecule has 18 heavy (non-hydrogen) atoms. The molecule has 0 atom stereocenters. The average molecular weight is 331 g/mol. The summed E-state index contributed by atoms with van der Waals surface area (Å²) in [6.07, 6.45) is 0. The zero-order valence-electron chi connectivity index (χ0n) is 10.1. The Labute approximate surface area is 119 Å². The lowest BCUT2D eigenvalue weighted by Crippen LogP contribution is -2.01. The summed E-state index contributed by atoms with van der Waals surface area (Å²) in [5, 5.41) is 3.96. The smallest absolute Gasteiger partial charge is 0.169 e. The molecule has 96 valence electrons. The highest BCUT2D eigenvalue weighted by atomic mass is 79.9. The number of ether oxygens (including phenoxy) is 1. The SMILES string of the molecule is COc1cc(Cl)c(C)cc1NCc1ccc(Br)o1. The van der Waals surface area contributed by atoms with Gasteiger partial charge in [0.1, 0.15) is 11.5 Å². The predicted octanol–water partition coefficient (Wildman–Crippen LogP) is 4.62. The van der Waals surface area contributed by atoms with E-state index in [0.29, 0.717) is 11.6 Å². The molecule has 1 heterocycles. The largest absolute Gasteiger partial charge is 0.495 e. The lowest BCUT2D eigenvalue weighted by molar-refractivity contribution is 0.416. The monoisotopic (exact) mass is 329 g/mol. The molecule has 0 aliphatic heterocycles. The molecule has 0 spiro atoms. The average Bonchev–Trinajstić information content (AvgIpc) is 2.76. The van der Waals surface area contributed by atoms with Crippen molar-refractivity contribution < 1.29 is 9.15 Å². The summed E-state index contributed by atoms with van der Waals surface area (Å²) in [5.41, 5.74) is 1.90. The van der Waals surface area contributed by atoms with Crippen molar-refractivity contribution in [3.8, 4) is 5.75 Å². The van der Waals surface area contributed by atoms with Crippen molar-refractivity contribution in [2.75, 3.05) is 12.4 Å². The highest BCUT2D eigenvalue weighted by molar-refractivity contribution is 9.10. The summed E-state index contributed by atoms with van der Waals surface area (Å²) in [6.45, 7) is 2.54. The zero-order chi connectivity index (χ0) is 13.1. The highest BCUT2D eigenvalue weighted by Crippen LogP contribution is 2.31. The minimum Gasteiger partial charge on any atom is -0.495 e. The van der Waals surface area contributed by atoms with Crippen LogP contribution < -0.4 is 10.1 Å². The molecule has 0 radical (unpaired) electrons. The van der Waals surface area contributed by atoms with Gasteiger partial charge in [-0.2, -0.15) is 0 Å². The number of hydrogen-bond acceptors (Lipinski definition) is 3. The number of rotatable bonds is 4. The first-order valence-electron chi connectivity index (χ1n) is 5.42. The van der Waals surface area contributed by atoms with Crippen LogP contribution in [-0.4, -0.2) is 7.11 Å². The summed E-state index contributed by atoms with van der Waals surface area (Å²) in [5.74, 6) is 1.56. The summed E-state index contributed by atoms with van der Waals surface area (Å²) < 4.78 is 11.4. The first-order valence-corrected chi connectivity index (χ1v) is 6.59. The third-order valence-corrected chi connectivity index (χ3v) is 3.40. The number of furan rings is 1. The Hall–Kier alpha value is -1.13. The maximum absolute atomic E-state index is 6.05. The Morgan fingerprint density at radius 1 is 1.39 bits per heavy atom. The van der Waals surface area contributed by atoms with Crippen molar-refractivity contribution in [3.63, 3.8) is 0 Å². The van der Waals surface area contributed by atoms with Crippen molar-refractivity contribution >= 4 is 33.2 Å². The Morgan fingerprint density at radius 3 is 2.78 bits per heavy atom.